The molecule has 4 aromatic carbocycles. The number of amides is 3. The number of aliphatic hydroxyl groups is 1. The molecule has 0 aliphatic carbocycles. The number of halogens is 2. The summed E-state index contributed by atoms with van der Waals surface area (Å²) in [4.78, 5) is 56.3. The number of hydrogen-bond donors (Lipinski definition) is 7. The molecule has 3 amide bonds. The van der Waals surface area contributed by atoms with Crippen molar-refractivity contribution in [2.24, 2.45) is 5.73 Å². The van der Waals surface area contributed by atoms with Crippen molar-refractivity contribution < 1.29 is 38.9 Å². The Kier molecular flexibility index (Phi) is 30.0. The highest BCUT2D eigenvalue weighted by atomic mass is 79.9. The number of aromatic nitrogens is 3. The molecule has 0 unspecified atom stereocenters. The molecule has 7 aromatic rings. The van der Waals surface area contributed by atoms with E-state index < -0.39 is 18.2 Å². The number of carboxylic acid groups (broad SMARTS) is 1. The smallest absolute Gasteiger partial charge is 0.407 e. The number of alkyl carbamates (subject to hydrolysis) is 2. The van der Waals surface area contributed by atoms with E-state index in [0.29, 0.717) is 31.0 Å². The number of benzene rings is 4. The number of anilines is 2. The number of pyridine rings is 3. The van der Waals surface area contributed by atoms with Crippen LogP contribution in [-0.2, 0) is 58.5 Å². The van der Waals surface area contributed by atoms with Gasteiger partial charge in [0, 0.05) is 89.0 Å². The van der Waals surface area contributed by atoms with Gasteiger partial charge in [0.25, 0.3) is 0 Å². The zero-order valence-corrected chi connectivity index (χ0v) is 41.6. The van der Waals surface area contributed by atoms with Gasteiger partial charge in [0.2, 0.25) is 5.91 Å². The van der Waals surface area contributed by atoms with Gasteiger partial charge in [0.05, 0.1) is 18.0 Å². The molecule has 0 atom stereocenters. The Morgan fingerprint density at radius 2 is 1.04 bits per heavy atom. The highest BCUT2D eigenvalue weighted by Gasteiger charge is 2.05. The first-order valence-electron chi connectivity index (χ1n) is 21.4. The second-order valence-corrected chi connectivity index (χ2v) is 16.1. The van der Waals surface area contributed by atoms with Gasteiger partial charge < -0.3 is 47.1 Å². The standard InChI is InChI=1S/C23H22N4O3.C14H13BrN2O2.C7H8BrN.C6H7NO.C3H4O2.CH4/c24-20-5-1-2-6-21(20)27-22(28)12-11-17-7-9-18(10-8-17)15-26-23(29)30-16-19-4-3-13-25-14-19;15-13-5-3-11(4-6-13)9-17-14(18)19-10-12-2-1-7-16-8-12;8-7-3-1-6(5-9)2-4-7;8-5-6-2-1-3-7-4-6;1-2-3(4)5;/h1-14H,15-16,24H2,(H,26,29)(H,27,28);1-8H,9-10H2,(H,17,18);1-4H,5,9H2;1-4,8H,5H2;2H,1H2,(H,4,5);1H4/b12-11+;;;;;. The number of carbonyl (C=O) groups excluding carboxylic acids is 3. The highest BCUT2D eigenvalue weighted by molar-refractivity contribution is 9.10. The fourth-order valence-corrected chi connectivity index (χ4v) is 5.66. The number of nitrogens with one attached hydrogen (secondary N) is 3. The third-order valence-corrected chi connectivity index (χ3v) is 9.88. The Labute approximate surface area is 436 Å². The number of hydrogen-bond acceptors (Lipinski definition) is 12. The van der Waals surface area contributed by atoms with Crippen LogP contribution in [0.15, 0.2) is 198 Å². The lowest BCUT2D eigenvalue weighted by Gasteiger charge is -2.07. The molecule has 0 aliphatic rings. The number of nitrogens with two attached hydrogens (primary N) is 2. The van der Waals surface area contributed by atoms with Crippen LogP contribution in [0.1, 0.15) is 46.4 Å². The molecule has 0 saturated heterocycles. The maximum atomic E-state index is 12.0. The Balaban J connectivity index is 0.000000357. The van der Waals surface area contributed by atoms with Crippen molar-refractivity contribution in [3.63, 3.8) is 0 Å². The van der Waals surface area contributed by atoms with E-state index in [2.05, 4.69) is 69.3 Å². The molecule has 0 bridgehead atoms. The molecule has 9 N–H and O–H groups in total. The van der Waals surface area contributed by atoms with Crippen LogP contribution in [0.5, 0.6) is 0 Å². The number of ether oxygens (including phenoxy) is 2. The third-order valence-electron chi connectivity index (χ3n) is 8.83. The predicted molar refractivity (Wildman–Crippen MR) is 288 cm³/mol. The van der Waals surface area contributed by atoms with Crippen molar-refractivity contribution in [3.8, 4) is 0 Å². The van der Waals surface area contributed by atoms with Gasteiger partial charge in [-0.15, -0.1) is 0 Å². The monoisotopic (exact) mass is 1100 g/mol. The van der Waals surface area contributed by atoms with Gasteiger partial charge in [-0.05, 0) is 88.5 Å². The normalized spacial score (nSPS) is 9.67. The topological polar surface area (TPSA) is 254 Å². The van der Waals surface area contributed by atoms with Gasteiger partial charge in [-0.25, -0.2) is 14.4 Å². The van der Waals surface area contributed by atoms with Crippen LogP contribution >= 0.6 is 31.9 Å². The predicted octanol–water partition coefficient (Wildman–Crippen LogP) is 10.4. The lowest BCUT2D eigenvalue weighted by atomic mass is 10.1. The quantitative estimate of drug-likeness (QED) is 0.0396. The Bertz CT molecular complexity index is 2670. The molecule has 0 aliphatic heterocycles. The van der Waals surface area contributed by atoms with E-state index in [0.717, 1.165) is 48.4 Å². The van der Waals surface area contributed by atoms with E-state index in [1.807, 2.05) is 91.0 Å². The van der Waals surface area contributed by atoms with Gasteiger partial charge in [-0.2, -0.15) is 0 Å². The van der Waals surface area contributed by atoms with Crippen LogP contribution in [-0.4, -0.2) is 49.2 Å². The average molecular weight is 1110 g/mol. The van der Waals surface area contributed by atoms with Crippen LogP contribution in [0, 0.1) is 0 Å². The number of aliphatic hydroxyl groups excluding tert-OH is 1. The summed E-state index contributed by atoms with van der Waals surface area (Å²) >= 11 is 6.69. The van der Waals surface area contributed by atoms with Crippen molar-refractivity contribution in [3.05, 3.63) is 237 Å². The fraction of sp³-hybridized carbons (Fsp3) is 0.130. The number of nitrogen functional groups attached to an aromatic ring is 1. The van der Waals surface area contributed by atoms with Crippen LogP contribution in [0.3, 0.4) is 0 Å². The third kappa shape index (κ3) is 27.2. The summed E-state index contributed by atoms with van der Waals surface area (Å²) in [6.45, 7) is 4.83. The molecule has 0 spiro atoms. The lowest BCUT2D eigenvalue weighted by Crippen LogP contribution is -2.23. The van der Waals surface area contributed by atoms with E-state index in [9.17, 15) is 19.2 Å². The van der Waals surface area contributed by atoms with E-state index in [-0.39, 0.29) is 33.2 Å². The number of rotatable bonds is 14. The van der Waals surface area contributed by atoms with Crippen molar-refractivity contribution in [1.82, 2.24) is 25.6 Å². The first kappa shape index (κ1) is 60.1. The minimum atomic E-state index is -0.981. The highest BCUT2D eigenvalue weighted by Crippen LogP contribution is 2.17. The fourth-order valence-electron chi connectivity index (χ4n) is 5.13. The molecule has 0 radical (unpaired) electrons. The van der Waals surface area contributed by atoms with E-state index >= 15 is 0 Å². The molecular weight excluding hydrogens is 1050 g/mol. The number of nitrogens with zero attached hydrogens (tertiary/aromatic N) is 3. The van der Waals surface area contributed by atoms with Gasteiger partial charge >= 0.3 is 18.2 Å². The zero-order chi connectivity index (χ0) is 51.5. The number of aliphatic carboxylic acids is 1. The summed E-state index contributed by atoms with van der Waals surface area (Å²) in [5, 5.41) is 24.2. The number of carbonyl (C=O) groups is 4. The summed E-state index contributed by atoms with van der Waals surface area (Å²) in [6.07, 6.45) is 13.0. The summed E-state index contributed by atoms with van der Waals surface area (Å²) in [7, 11) is 0. The van der Waals surface area contributed by atoms with Gasteiger partial charge in [-0.3, -0.25) is 19.7 Å². The van der Waals surface area contributed by atoms with Crippen LogP contribution in [0.25, 0.3) is 6.08 Å². The zero-order valence-electron chi connectivity index (χ0n) is 38.4. The first-order valence-corrected chi connectivity index (χ1v) is 23.0. The van der Waals surface area contributed by atoms with Crippen molar-refractivity contribution in [2.75, 3.05) is 11.1 Å². The van der Waals surface area contributed by atoms with Crippen molar-refractivity contribution >= 4 is 73.4 Å². The second kappa shape index (κ2) is 36.0. The van der Waals surface area contributed by atoms with Crippen molar-refractivity contribution in [2.45, 2.75) is 46.9 Å². The molecule has 3 aromatic heterocycles. The van der Waals surface area contributed by atoms with Crippen molar-refractivity contribution in [1.29, 1.82) is 0 Å². The van der Waals surface area contributed by atoms with E-state index in [1.54, 1.807) is 85.7 Å². The Morgan fingerprint density at radius 1 is 0.611 bits per heavy atom. The molecule has 376 valence electrons. The molecule has 0 saturated carbocycles. The van der Waals surface area contributed by atoms with Gasteiger partial charge in [0.15, 0.2) is 0 Å². The van der Waals surface area contributed by atoms with Gasteiger partial charge in [0.1, 0.15) is 13.2 Å². The minimum absolute atomic E-state index is 0. The second-order valence-electron chi connectivity index (χ2n) is 14.3. The first-order chi connectivity index (χ1) is 34.4. The number of carboxylic acids is 1. The minimum Gasteiger partial charge on any atom is -0.478 e. The summed E-state index contributed by atoms with van der Waals surface area (Å²) in [5.74, 6) is -1.25. The summed E-state index contributed by atoms with van der Waals surface area (Å²) < 4.78 is 12.3. The maximum Gasteiger partial charge on any atom is 0.407 e. The molecule has 72 heavy (non-hydrogen) atoms. The Hall–Kier alpha value is -8.03. The molecule has 3 heterocycles. The van der Waals surface area contributed by atoms with Crippen LogP contribution in [0.4, 0.5) is 21.0 Å². The van der Waals surface area contributed by atoms with E-state index in [1.165, 1.54) is 11.6 Å². The molecule has 7 rings (SSSR count). The molecule has 0 fully saturated rings. The molecular formula is C54H58Br2N8O8. The largest absolute Gasteiger partial charge is 0.478 e. The SMILES string of the molecule is C.C=CC(=O)O.NCc1ccc(Br)cc1.Nc1ccccc1NC(=O)/C=C/c1ccc(CNC(=O)OCc2cccnc2)cc1.O=C(NCc1ccc(Br)cc1)OCc1cccnc1.OCc1cccnc1. The number of para-hydroxylation sites is 2. The summed E-state index contributed by atoms with van der Waals surface area (Å²) in [5.41, 5.74) is 18.8. The Morgan fingerprint density at radius 3 is 1.43 bits per heavy atom. The average Bonchev–Trinajstić information content (AvgIpc) is 3.41. The summed E-state index contributed by atoms with van der Waals surface area (Å²) in [6, 6.07) is 41.1. The van der Waals surface area contributed by atoms with Gasteiger partial charge in [-0.1, -0.05) is 125 Å². The molecule has 18 heteroatoms. The molecule has 16 nitrogen and oxygen atoms in total. The van der Waals surface area contributed by atoms with Crippen LogP contribution < -0.4 is 27.4 Å². The van der Waals surface area contributed by atoms with E-state index in [4.69, 9.17) is 31.2 Å². The van der Waals surface area contributed by atoms with Crippen LogP contribution in [0.2, 0.25) is 0 Å². The lowest BCUT2D eigenvalue weighted by molar-refractivity contribution is -0.131. The maximum absolute atomic E-state index is 12.0.